The lowest BCUT2D eigenvalue weighted by Crippen LogP contribution is -2.36. The maximum atomic E-state index is 12.6. The third kappa shape index (κ3) is 5.92. The van der Waals surface area contributed by atoms with Gasteiger partial charge in [0, 0.05) is 82.4 Å². The number of pyridine rings is 1. The second-order valence-corrected chi connectivity index (χ2v) is 11.1. The summed E-state index contributed by atoms with van der Waals surface area (Å²) < 4.78 is 10.6. The van der Waals surface area contributed by atoms with Gasteiger partial charge in [-0.1, -0.05) is 35.7 Å². The molecule has 2 aliphatic rings. The molecular weight excluding hydrogens is 492 g/mol. The van der Waals surface area contributed by atoms with Crippen molar-refractivity contribution in [3.8, 4) is 11.3 Å². The van der Waals surface area contributed by atoms with Crippen molar-refractivity contribution in [3.63, 3.8) is 0 Å². The van der Waals surface area contributed by atoms with Gasteiger partial charge in [0.1, 0.15) is 0 Å². The molecule has 3 aromatic rings. The summed E-state index contributed by atoms with van der Waals surface area (Å²) in [5.41, 5.74) is 3.91. The zero-order valence-electron chi connectivity index (χ0n) is 20.7. The van der Waals surface area contributed by atoms with Crippen LogP contribution >= 0.6 is 23.5 Å². The minimum Gasteiger partial charge on any atom is -0.384 e. The number of nitrogens with one attached hydrogen (secondary N) is 2. The quantitative estimate of drug-likeness (QED) is 0.332. The van der Waals surface area contributed by atoms with Gasteiger partial charge in [-0.05, 0) is 37.4 Å². The Hall–Kier alpha value is -2.43. The molecule has 0 amide bonds. The van der Waals surface area contributed by atoms with Crippen molar-refractivity contribution >= 4 is 34.9 Å². The van der Waals surface area contributed by atoms with E-state index in [4.69, 9.17) is 9.47 Å². The number of H-pyrrole nitrogens is 1. The van der Waals surface area contributed by atoms with Crippen molar-refractivity contribution in [1.82, 2.24) is 9.88 Å². The van der Waals surface area contributed by atoms with Crippen LogP contribution in [0.5, 0.6) is 0 Å². The second-order valence-electron chi connectivity index (χ2n) is 8.94. The number of anilines is 2. The zero-order valence-corrected chi connectivity index (χ0v) is 22.3. The summed E-state index contributed by atoms with van der Waals surface area (Å²) in [5.74, 6) is 0. The molecule has 9 heteroatoms. The molecule has 2 aromatic carbocycles. The first-order valence-electron chi connectivity index (χ1n) is 12.2. The number of benzene rings is 2. The number of hydrogen-bond acceptors (Lipinski definition) is 8. The molecule has 36 heavy (non-hydrogen) atoms. The number of nitrogens with zero attached hydrogens (tertiary/aromatic N) is 2. The highest BCUT2D eigenvalue weighted by molar-refractivity contribution is 8.05. The lowest BCUT2D eigenvalue weighted by atomic mass is 10.1. The summed E-state index contributed by atoms with van der Waals surface area (Å²) >= 11 is 3.56. The molecule has 3 heterocycles. The summed E-state index contributed by atoms with van der Waals surface area (Å²) in [4.78, 5) is 25.0. The normalized spacial score (nSPS) is 15.0. The topological polar surface area (TPSA) is 69.8 Å². The summed E-state index contributed by atoms with van der Waals surface area (Å²) in [6.07, 6.45) is 0. The first-order chi connectivity index (χ1) is 17.6. The molecule has 0 saturated carbocycles. The van der Waals surface area contributed by atoms with Gasteiger partial charge in [-0.2, -0.15) is 0 Å². The lowest BCUT2D eigenvalue weighted by Gasteiger charge is -2.29. The Balaban J connectivity index is 1.33. The Morgan fingerprint density at radius 1 is 1.06 bits per heavy atom. The number of aromatic amines is 1. The van der Waals surface area contributed by atoms with Gasteiger partial charge in [-0.25, -0.2) is 0 Å². The first kappa shape index (κ1) is 25.2. The Morgan fingerprint density at radius 2 is 1.92 bits per heavy atom. The Bertz CT molecular complexity index is 1260. The molecule has 1 aromatic heterocycles. The summed E-state index contributed by atoms with van der Waals surface area (Å²) in [7, 11) is 3.84. The van der Waals surface area contributed by atoms with Crippen molar-refractivity contribution in [1.29, 1.82) is 0 Å². The minimum atomic E-state index is -0.0796. The fraction of sp³-hybridized carbons (Fsp3) is 0.370. The number of likely N-dealkylation sites (N-methyl/N-ethyl adjacent to an activating group) is 1. The van der Waals surface area contributed by atoms with Crippen LogP contribution in [0.4, 0.5) is 11.4 Å². The van der Waals surface area contributed by atoms with Crippen LogP contribution in [0.15, 0.2) is 72.9 Å². The Kier molecular flexibility index (Phi) is 8.23. The molecule has 7 nitrogen and oxygen atoms in total. The molecule has 190 valence electrons. The molecule has 1 fully saturated rings. The maximum Gasteiger partial charge on any atom is 0.250 e. The molecule has 0 aliphatic carbocycles. The van der Waals surface area contributed by atoms with Gasteiger partial charge < -0.3 is 29.6 Å². The van der Waals surface area contributed by atoms with E-state index in [0.717, 1.165) is 62.0 Å². The van der Waals surface area contributed by atoms with Crippen molar-refractivity contribution in [2.24, 2.45) is 0 Å². The van der Waals surface area contributed by atoms with Crippen LogP contribution in [0, 0.1) is 0 Å². The van der Waals surface area contributed by atoms with Crippen molar-refractivity contribution < 1.29 is 9.47 Å². The Morgan fingerprint density at radius 3 is 2.75 bits per heavy atom. The maximum absolute atomic E-state index is 12.6. The van der Waals surface area contributed by atoms with E-state index in [0.29, 0.717) is 13.2 Å². The van der Waals surface area contributed by atoms with Crippen molar-refractivity contribution in [3.05, 3.63) is 58.9 Å². The molecule has 0 unspecified atom stereocenters. The standard InChI is InChI=1S/C27H32N4O3S2/c1-30(10-13-33-2)9-8-28-19-6-7-23-25(16-19)35-24-5-3-4-21(27(24)36-23)22-17-20(18-26(32)29-22)31-11-14-34-15-12-31/h3-7,16-18,28H,8-15H2,1-2H3,(H,29,32). The predicted molar refractivity (Wildman–Crippen MR) is 148 cm³/mol. The number of hydrogen-bond donors (Lipinski definition) is 2. The third-order valence-corrected chi connectivity index (χ3v) is 8.95. The largest absolute Gasteiger partial charge is 0.384 e. The highest BCUT2D eigenvalue weighted by Crippen LogP contribution is 2.52. The molecule has 0 atom stereocenters. The highest BCUT2D eigenvalue weighted by Gasteiger charge is 2.22. The average Bonchev–Trinajstić information content (AvgIpc) is 2.90. The van der Waals surface area contributed by atoms with E-state index < -0.39 is 0 Å². The van der Waals surface area contributed by atoms with E-state index in [9.17, 15) is 4.79 Å². The van der Waals surface area contributed by atoms with Crippen LogP contribution in [0.25, 0.3) is 11.3 Å². The predicted octanol–water partition coefficient (Wildman–Crippen LogP) is 4.48. The van der Waals surface area contributed by atoms with Gasteiger partial charge >= 0.3 is 0 Å². The SMILES string of the molecule is COCCN(C)CCNc1ccc2c(c1)Sc1cccc(-c3cc(N4CCOCC4)cc(=O)[nH]3)c1S2. The van der Waals surface area contributed by atoms with E-state index in [1.807, 2.05) is 0 Å². The number of aromatic nitrogens is 1. The monoisotopic (exact) mass is 524 g/mol. The van der Waals surface area contributed by atoms with E-state index in [1.54, 1.807) is 36.7 Å². The van der Waals surface area contributed by atoms with Crippen LogP contribution < -0.4 is 15.8 Å². The molecule has 0 radical (unpaired) electrons. The Labute approximate surface area is 220 Å². The number of morpholine rings is 1. The first-order valence-corrected chi connectivity index (χ1v) is 13.9. The second kappa shape index (κ2) is 11.7. The molecule has 1 saturated heterocycles. The van der Waals surface area contributed by atoms with Crippen molar-refractivity contribution in [2.75, 3.05) is 76.9 Å². The summed E-state index contributed by atoms with van der Waals surface area (Å²) in [6, 6.07) is 16.7. The van der Waals surface area contributed by atoms with E-state index in [2.05, 4.69) is 69.6 Å². The molecule has 0 spiro atoms. The average molecular weight is 525 g/mol. The highest BCUT2D eigenvalue weighted by atomic mass is 32.2. The van der Waals surface area contributed by atoms with Crippen LogP contribution in [-0.4, -0.2) is 76.6 Å². The lowest BCUT2D eigenvalue weighted by molar-refractivity contribution is 0.122. The van der Waals surface area contributed by atoms with Gasteiger partial charge in [0.05, 0.1) is 25.5 Å². The van der Waals surface area contributed by atoms with Gasteiger partial charge in [0.15, 0.2) is 0 Å². The molecular formula is C27H32N4O3S2. The van der Waals surface area contributed by atoms with E-state index in [-0.39, 0.29) is 5.56 Å². The van der Waals surface area contributed by atoms with Gasteiger partial charge in [0.2, 0.25) is 5.56 Å². The minimum absolute atomic E-state index is 0.0796. The molecule has 2 aliphatic heterocycles. The molecule has 2 N–H and O–H groups in total. The van der Waals surface area contributed by atoms with Crippen LogP contribution in [0.2, 0.25) is 0 Å². The van der Waals surface area contributed by atoms with Gasteiger partial charge in [-0.15, -0.1) is 0 Å². The van der Waals surface area contributed by atoms with Gasteiger partial charge in [0.25, 0.3) is 0 Å². The summed E-state index contributed by atoms with van der Waals surface area (Å²) in [6.45, 7) is 6.48. The number of fused-ring (bicyclic) bond motifs is 2. The van der Waals surface area contributed by atoms with Crippen molar-refractivity contribution in [2.45, 2.75) is 19.6 Å². The van der Waals surface area contributed by atoms with Crippen LogP contribution in [-0.2, 0) is 9.47 Å². The smallest absolute Gasteiger partial charge is 0.250 e. The molecule has 5 rings (SSSR count). The van der Waals surface area contributed by atoms with Crippen LogP contribution in [0.1, 0.15) is 0 Å². The number of ether oxygens (including phenoxy) is 2. The van der Waals surface area contributed by atoms with Gasteiger partial charge in [-0.3, -0.25) is 4.79 Å². The summed E-state index contributed by atoms with van der Waals surface area (Å²) in [5, 5.41) is 3.55. The van der Waals surface area contributed by atoms with E-state index in [1.165, 1.54) is 19.6 Å². The molecule has 0 bridgehead atoms. The van der Waals surface area contributed by atoms with Crippen LogP contribution in [0.3, 0.4) is 0 Å². The zero-order chi connectivity index (χ0) is 24.9. The third-order valence-electron chi connectivity index (χ3n) is 6.35. The number of rotatable bonds is 9. The fourth-order valence-electron chi connectivity index (χ4n) is 4.35. The fourth-order valence-corrected chi connectivity index (χ4v) is 6.76. The van der Waals surface area contributed by atoms with E-state index >= 15 is 0 Å². The number of methoxy groups -OCH3 is 1.